The molecule has 1 aromatic carbocycles. The Kier molecular flexibility index (Phi) is 3.10. The number of carbonyl (C=O) groups is 1. The van der Waals surface area contributed by atoms with Gasteiger partial charge in [-0.05, 0) is 24.6 Å². The third-order valence-corrected chi connectivity index (χ3v) is 2.18. The molecule has 4 heteroatoms. The summed E-state index contributed by atoms with van der Waals surface area (Å²) in [5.74, 6) is -0.281. The van der Waals surface area contributed by atoms with E-state index in [1.165, 1.54) is 6.07 Å². The number of alkyl halides is 1. The molecule has 3 nitrogen and oxygen atoms in total. The number of rotatable bonds is 2. The molecule has 0 fully saturated rings. The Balaban J connectivity index is 3.33. The minimum Gasteiger partial charge on any atom is -0.398 e. The number of nitriles is 1. The largest absolute Gasteiger partial charge is 0.398 e. The van der Waals surface area contributed by atoms with Crippen LogP contribution in [0.3, 0.4) is 0 Å². The summed E-state index contributed by atoms with van der Waals surface area (Å²) in [6, 6.07) is 5.01. The van der Waals surface area contributed by atoms with E-state index in [1.807, 2.05) is 6.07 Å². The van der Waals surface area contributed by atoms with E-state index in [4.69, 9.17) is 22.6 Å². The number of carbonyl (C=O) groups excluding carboxylic acids is 1. The molecule has 0 aliphatic heterocycles. The van der Waals surface area contributed by atoms with Gasteiger partial charge in [0.1, 0.15) is 6.07 Å². The Hall–Kier alpha value is -1.53. The van der Waals surface area contributed by atoms with Gasteiger partial charge >= 0.3 is 0 Å². The molecule has 0 saturated carbocycles. The van der Waals surface area contributed by atoms with Crippen LogP contribution in [0.4, 0.5) is 5.69 Å². The van der Waals surface area contributed by atoms with Crippen LogP contribution < -0.4 is 5.73 Å². The fourth-order valence-electron chi connectivity index (χ4n) is 1.20. The Labute approximate surface area is 87.1 Å². The van der Waals surface area contributed by atoms with Gasteiger partial charge in [-0.15, -0.1) is 11.6 Å². The van der Waals surface area contributed by atoms with E-state index in [-0.39, 0.29) is 11.7 Å². The molecular formula is C10H9ClN2O. The van der Waals surface area contributed by atoms with Gasteiger partial charge in [0.25, 0.3) is 0 Å². The number of anilines is 1. The van der Waals surface area contributed by atoms with Crippen LogP contribution in [-0.4, -0.2) is 11.7 Å². The van der Waals surface area contributed by atoms with Crippen LogP contribution >= 0.6 is 11.6 Å². The summed E-state index contributed by atoms with van der Waals surface area (Å²) >= 11 is 5.43. The predicted octanol–water partition coefficient (Wildman–Crippen LogP) is 1.87. The first-order valence-electron chi connectivity index (χ1n) is 3.99. The van der Waals surface area contributed by atoms with Gasteiger partial charge in [-0.25, -0.2) is 0 Å². The number of nitrogens with zero attached hydrogens (tertiary/aromatic N) is 1. The third kappa shape index (κ3) is 1.86. The molecule has 0 saturated heterocycles. The van der Waals surface area contributed by atoms with Gasteiger partial charge in [0, 0.05) is 11.3 Å². The van der Waals surface area contributed by atoms with Crippen molar-refractivity contribution < 1.29 is 4.79 Å². The molecule has 0 bridgehead atoms. The van der Waals surface area contributed by atoms with Crippen molar-refractivity contribution in [2.75, 3.05) is 11.6 Å². The molecule has 1 rings (SSSR count). The lowest BCUT2D eigenvalue weighted by atomic mass is 10.0. The number of aryl methyl sites for hydroxylation is 1. The molecule has 2 N–H and O–H groups in total. The number of Topliss-reactive ketones (excluding diaryl/α,β-unsaturated/α-hetero) is 1. The molecule has 0 aliphatic rings. The lowest BCUT2D eigenvalue weighted by molar-refractivity contribution is 0.102. The second-order valence-electron chi connectivity index (χ2n) is 2.92. The monoisotopic (exact) mass is 208 g/mol. The van der Waals surface area contributed by atoms with Gasteiger partial charge < -0.3 is 5.73 Å². The Morgan fingerprint density at radius 1 is 1.64 bits per heavy atom. The Morgan fingerprint density at radius 2 is 2.29 bits per heavy atom. The zero-order valence-electron chi connectivity index (χ0n) is 7.67. The summed E-state index contributed by atoms with van der Waals surface area (Å²) in [5.41, 5.74) is 7.48. The van der Waals surface area contributed by atoms with Crippen molar-refractivity contribution in [3.05, 3.63) is 28.8 Å². The number of ketones is 1. The minimum atomic E-state index is -0.194. The topological polar surface area (TPSA) is 66.9 Å². The summed E-state index contributed by atoms with van der Waals surface area (Å²) in [4.78, 5) is 11.3. The number of halogens is 1. The number of nitrogen functional groups attached to an aromatic ring is 1. The summed E-state index contributed by atoms with van der Waals surface area (Å²) in [7, 11) is 0. The molecule has 72 valence electrons. The van der Waals surface area contributed by atoms with Crippen molar-refractivity contribution in [2.45, 2.75) is 6.92 Å². The highest BCUT2D eigenvalue weighted by Crippen LogP contribution is 2.18. The van der Waals surface area contributed by atoms with E-state index in [9.17, 15) is 4.79 Å². The van der Waals surface area contributed by atoms with E-state index < -0.39 is 0 Å². The summed E-state index contributed by atoms with van der Waals surface area (Å²) < 4.78 is 0. The minimum absolute atomic E-state index is 0.0877. The van der Waals surface area contributed by atoms with Crippen LogP contribution in [-0.2, 0) is 0 Å². The first kappa shape index (κ1) is 10.6. The first-order valence-corrected chi connectivity index (χ1v) is 4.53. The number of nitrogens with two attached hydrogens (primary N) is 1. The maximum Gasteiger partial charge on any atom is 0.177 e. The molecule has 14 heavy (non-hydrogen) atoms. The average Bonchev–Trinajstić information content (AvgIpc) is 2.17. The van der Waals surface area contributed by atoms with Gasteiger partial charge in [-0.1, -0.05) is 0 Å². The molecule has 0 amide bonds. The zero-order valence-corrected chi connectivity index (χ0v) is 8.43. The molecule has 0 atom stereocenters. The molecule has 0 spiro atoms. The van der Waals surface area contributed by atoms with Crippen molar-refractivity contribution in [3.63, 3.8) is 0 Å². The predicted molar refractivity (Wildman–Crippen MR) is 55.4 cm³/mol. The Bertz CT molecular complexity index is 421. The zero-order chi connectivity index (χ0) is 10.7. The SMILES string of the molecule is Cc1cc(N)c(C#N)cc1C(=O)CCl. The molecule has 0 aromatic heterocycles. The molecule has 0 unspecified atom stereocenters. The van der Waals surface area contributed by atoms with Gasteiger partial charge in [0.2, 0.25) is 0 Å². The van der Waals surface area contributed by atoms with E-state index in [1.54, 1.807) is 13.0 Å². The van der Waals surface area contributed by atoms with Crippen molar-refractivity contribution in [1.29, 1.82) is 5.26 Å². The lowest BCUT2D eigenvalue weighted by Gasteiger charge is -2.05. The van der Waals surface area contributed by atoms with Crippen LogP contribution in [0, 0.1) is 18.3 Å². The first-order chi connectivity index (χ1) is 6.60. The molecule has 0 heterocycles. The summed E-state index contributed by atoms with van der Waals surface area (Å²) in [6.07, 6.45) is 0. The van der Waals surface area contributed by atoms with E-state index in [0.717, 1.165) is 5.56 Å². The highest BCUT2D eigenvalue weighted by atomic mass is 35.5. The highest BCUT2D eigenvalue weighted by Gasteiger charge is 2.10. The summed E-state index contributed by atoms with van der Waals surface area (Å²) in [6.45, 7) is 1.76. The van der Waals surface area contributed by atoms with E-state index >= 15 is 0 Å². The van der Waals surface area contributed by atoms with Gasteiger partial charge in [-0.3, -0.25) is 4.79 Å². The number of hydrogen-bond acceptors (Lipinski definition) is 3. The fourth-order valence-corrected chi connectivity index (χ4v) is 1.34. The Morgan fingerprint density at radius 3 is 2.79 bits per heavy atom. The van der Waals surface area contributed by atoms with Crippen LogP contribution in [0.2, 0.25) is 0 Å². The summed E-state index contributed by atoms with van der Waals surface area (Å²) in [5, 5.41) is 8.71. The smallest absolute Gasteiger partial charge is 0.177 e. The fraction of sp³-hybridized carbons (Fsp3) is 0.200. The lowest BCUT2D eigenvalue weighted by Crippen LogP contribution is -2.05. The van der Waals surface area contributed by atoms with Gasteiger partial charge in [-0.2, -0.15) is 5.26 Å². The van der Waals surface area contributed by atoms with Crippen LogP contribution in [0.5, 0.6) is 0 Å². The third-order valence-electron chi connectivity index (χ3n) is 1.94. The molecule has 1 aromatic rings. The average molecular weight is 209 g/mol. The van der Waals surface area contributed by atoms with Gasteiger partial charge in [0.05, 0.1) is 11.4 Å². The number of benzene rings is 1. The van der Waals surface area contributed by atoms with Crippen molar-refractivity contribution in [1.82, 2.24) is 0 Å². The standard InChI is InChI=1S/C10H9ClN2O/c1-6-2-9(13)7(5-12)3-8(6)10(14)4-11/h2-3H,4,13H2,1H3. The highest BCUT2D eigenvalue weighted by molar-refractivity contribution is 6.30. The maximum absolute atomic E-state index is 11.3. The van der Waals surface area contributed by atoms with Crippen LogP contribution in [0.15, 0.2) is 12.1 Å². The number of hydrogen-bond donors (Lipinski definition) is 1. The van der Waals surface area contributed by atoms with Crippen LogP contribution in [0.25, 0.3) is 0 Å². The molecule has 0 aliphatic carbocycles. The quantitative estimate of drug-likeness (QED) is 0.458. The van der Waals surface area contributed by atoms with Crippen LogP contribution in [0.1, 0.15) is 21.5 Å². The molecule has 0 radical (unpaired) electrons. The van der Waals surface area contributed by atoms with E-state index in [2.05, 4.69) is 0 Å². The maximum atomic E-state index is 11.3. The molecular weight excluding hydrogens is 200 g/mol. The van der Waals surface area contributed by atoms with Crippen molar-refractivity contribution in [2.24, 2.45) is 0 Å². The van der Waals surface area contributed by atoms with Crippen molar-refractivity contribution >= 4 is 23.1 Å². The second-order valence-corrected chi connectivity index (χ2v) is 3.19. The van der Waals surface area contributed by atoms with Gasteiger partial charge in [0.15, 0.2) is 5.78 Å². The van der Waals surface area contributed by atoms with E-state index in [0.29, 0.717) is 16.8 Å². The normalized spacial score (nSPS) is 9.50. The second kappa shape index (κ2) is 4.12. The van der Waals surface area contributed by atoms with Crippen molar-refractivity contribution in [3.8, 4) is 6.07 Å².